The summed E-state index contributed by atoms with van der Waals surface area (Å²) in [6.07, 6.45) is 5.96. The molecule has 0 saturated carbocycles. The van der Waals surface area contributed by atoms with E-state index in [9.17, 15) is 0 Å². The molecule has 1 aromatic heterocycles. The normalized spacial score (nSPS) is 22.6. The van der Waals surface area contributed by atoms with Crippen LogP contribution in [0.15, 0.2) is 12.4 Å². The first-order chi connectivity index (χ1) is 9.26. The van der Waals surface area contributed by atoms with E-state index in [1.165, 1.54) is 5.75 Å². The zero-order chi connectivity index (χ0) is 13.7. The van der Waals surface area contributed by atoms with Crippen LogP contribution in [-0.2, 0) is 13.0 Å². The Bertz CT molecular complexity index is 381. The van der Waals surface area contributed by atoms with Crippen LogP contribution in [0.5, 0.6) is 0 Å². The van der Waals surface area contributed by atoms with Gasteiger partial charge >= 0.3 is 0 Å². The van der Waals surface area contributed by atoms with Crippen molar-refractivity contribution in [2.45, 2.75) is 38.4 Å². The maximum atomic E-state index is 5.78. The molecule has 108 valence electrons. The molecule has 1 aromatic rings. The van der Waals surface area contributed by atoms with Crippen molar-refractivity contribution in [3.63, 3.8) is 0 Å². The second-order valence-electron chi connectivity index (χ2n) is 5.14. The monoisotopic (exact) mass is 283 g/mol. The number of nitrogens with one attached hydrogen (secondary N) is 1. The lowest BCUT2D eigenvalue weighted by Gasteiger charge is -2.37. The molecule has 2 unspecified atom stereocenters. The third-order valence-electron chi connectivity index (χ3n) is 3.79. The zero-order valence-electron chi connectivity index (χ0n) is 11.9. The van der Waals surface area contributed by atoms with Crippen LogP contribution in [0.4, 0.5) is 0 Å². The smallest absolute Gasteiger partial charge is 0.110 e. The average molecular weight is 283 g/mol. The molecule has 0 aliphatic carbocycles. The van der Waals surface area contributed by atoms with Crippen LogP contribution >= 0.6 is 11.8 Å². The first-order valence-electron chi connectivity index (χ1n) is 7.00. The summed E-state index contributed by atoms with van der Waals surface area (Å²) < 4.78 is 2.24. The van der Waals surface area contributed by atoms with Crippen molar-refractivity contribution in [1.29, 1.82) is 0 Å². The summed E-state index contributed by atoms with van der Waals surface area (Å²) in [5, 5.41) is 0. The van der Waals surface area contributed by atoms with Crippen LogP contribution in [0.1, 0.15) is 19.2 Å². The molecule has 2 atom stereocenters. The number of imidazole rings is 1. The van der Waals surface area contributed by atoms with Gasteiger partial charge in [0.1, 0.15) is 5.82 Å². The molecule has 1 aliphatic heterocycles. The van der Waals surface area contributed by atoms with Crippen molar-refractivity contribution in [3.8, 4) is 0 Å². The minimum atomic E-state index is 0.260. The van der Waals surface area contributed by atoms with E-state index in [2.05, 4.69) is 40.0 Å². The topological polar surface area (TPSA) is 59.1 Å². The van der Waals surface area contributed by atoms with E-state index in [-0.39, 0.29) is 6.04 Å². The quantitative estimate of drug-likeness (QED) is 0.595. The van der Waals surface area contributed by atoms with Gasteiger partial charge in [-0.15, -0.1) is 0 Å². The van der Waals surface area contributed by atoms with E-state index in [0.717, 1.165) is 37.5 Å². The van der Waals surface area contributed by atoms with Gasteiger partial charge in [-0.25, -0.2) is 4.98 Å². The van der Waals surface area contributed by atoms with E-state index >= 15 is 0 Å². The molecule has 0 aromatic carbocycles. The predicted octanol–water partition coefficient (Wildman–Crippen LogP) is 0.715. The summed E-state index contributed by atoms with van der Waals surface area (Å²) in [5.74, 6) is 9.27. The van der Waals surface area contributed by atoms with E-state index < -0.39 is 0 Å². The summed E-state index contributed by atoms with van der Waals surface area (Å²) in [6, 6.07) is 0.742. The fraction of sp³-hybridized carbons (Fsp3) is 0.769. The molecule has 2 rings (SSSR count). The number of hydrazine groups is 1. The Kier molecular flexibility index (Phi) is 5.69. The Labute approximate surface area is 119 Å². The lowest BCUT2D eigenvalue weighted by molar-refractivity contribution is 0.212. The third kappa shape index (κ3) is 3.72. The first-order valence-corrected chi connectivity index (χ1v) is 8.15. The Morgan fingerprint density at radius 1 is 1.63 bits per heavy atom. The highest BCUT2D eigenvalue weighted by atomic mass is 32.2. The van der Waals surface area contributed by atoms with Gasteiger partial charge in [-0.2, -0.15) is 11.8 Å². The third-order valence-corrected chi connectivity index (χ3v) is 4.84. The molecular weight excluding hydrogens is 258 g/mol. The number of likely N-dealkylation sites (N-methyl/N-ethyl adjacent to an activating group) is 1. The Morgan fingerprint density at radius 2 is 2.47 bits per heavy atom. The molecule has 6 heteroatoms. The minimum Gasteiger partial charge on any atom is -0.335 e. The maximum absolute atomic E-state index is 5.78. The number of nitrogens with two attached hydrogens (primary N) is 1. The summed E-state index contributed by atoms with van der Waals surface area (Å²) in [4.78, 5) is 6.90. The molecule has 1 saturated heterocycles. The number of hydrogen-bond donors (Lipinski definition) is 2. The van der Waals surface area contributed by atoms with Crippen molar-refractivity contribution in [1.82, 2.24) is 19.9 Å². The van der Waals surface area contributed by atoms with Gasteiger partial charge in [0, 0.05) is 55.5 Å². The number of thioether (sulfide) groups is 1. The molecule has 1 fully saturated rings. The molecule has 0 radical (unpaired) electrons. The van der Waals surface area contributed by atoms with E-state index in [1.54, 1.807) is 0 Å². The number of hydrogen-bond acceptors (Lipinski definition) is 5. The van der Waals surface area contributed by atoms with Gasteiger partial charge in [0.25, 0.3) is 0 Å². The van der Waals surface area contributed by atoms with Crippen molar-refractivity contribution < 1.29 is 0 Å². The Hall–Kier alpha value is -0.560. The highest BCUT2D eigenvalue weighted by Crippen LogP contribution is 2.19. The highest BCUT2D eigenvalue weighted by molar-refractivity contribution is 7.99. The zero-order valence-corrected chi connectivity index (χ0v) is 12.7. The summed E-state index contributed by atoms with van der Waals surface area (Å²) >= 11 is 2.01. The minimum absolute atomic E-state index is 0.260. The second kappa shape index (κ2) is 7.28. The SMILES string of the molecule is CCCn1ccnc1CC(NN)C1CSCCN1C. The van der Waals surface area contributed by atoms with Gasteiger partial charge in [0.05, 0.1) is 0 Å². The van der Waals surface area contributed by atoms with Crippen molar-refractivity contribution in [2.75, 3.05) is 25.1 Å². The van der Waals surface area contributed by atoms with Crippen molar-refractivity contribution in [3.05, 3.63) is 18.2 Å². The molecule has 19 heavy (non-hydrogen) atoms. The van der Waals surface area contributed by atoms with Gasteiger partial charge in [-0.1, -0.05) is 6.92 Å². The number of aromatic nitrogens is 2. The van der Waals surface area contributed by atoms with Gasteiger partial charge < -0.3 is 9.47 Å². The average Bonchev–Trinajstić information content (AvgIpc) is 2.85. The van der Waals surface area contributed by atoms with Crippen LogP contribution in [-0.4, -0.2) is 51.6 Å². The summed E-state index contributed by atoms with van der Waals surface area (Å²) in [6.45, 7) is 4.35. The summed E-state index contributed by atoms with van der Waals surface area (Å²) in [7, 11) is 2.19. The van der Waals surface area contributed by atoms with Gasteiger partial charge in [0.2, 0.25) is 0 Å². The Morgan fingerprint density at radius 3 is 3.16 bits per heavy atom. The predicted molar refractivity (Wildman–Crippen MR) is 81.1 cm³/mol. The highest BCUT2D eigenvalue weighted by Gasteiger charge is 2.28. The fourth-order valence-corrected chi connectivity index (χ4v) is 3.92. The molecule has 3 N–H and O–H groups in total. The number of rotatable bonds is 6. The molecular formula is C13H25N5S. The molecule has 0 amide bonds. The largest absolute Gasteiger partial charge is 0.335 e. The van der Waals surface area contributed by atoms with Crippen LogP contribution in [0.25, 0.3) is 0 Å². The van der Waals surface area contributed by atoms with Crippen LogP contribution in [0.2, 0.25) is 0 Å². The first kappa shape index (κ1) is 14.8. The number of aryl methyl sites for hydroxylation is 1. The standard InChI is InChI=1S/C13H25N5S/c1-3-5-18-6-4-15-13(18)9-11(16-14)12-10-19-8-7-17(12)2/h4,6,11-12,16H,3,5,7-10,14H2,1-2H3. The van der Waals surface area contributed by atoms with E-state index in [4.69, 9.17) is 5.84 Å². The van der Waals surface area contributed by atoms with E-state index in [1.807, 2.05) is 18.0 Å². The van der Waals surface area contributed by atoms with E-state index in [0.29, 0.717) is 6.04 Å². The maximum Gasteiger partial charge on any atom is 0.110 e. The second-order valence-corrected chi connectivity index (χ2v) is 6.29. The van der Waals surface area contributed by atoms with Gasteiger partial charge in [-0.05, 0) is 13.5 Å². The van der Waals surface area contributed by atoms with Crippen molar-refractivity contribution in [2.24, 2.45) is 5.84 Å². The lowest BCUT2D eigenvalue weighted by atomic mass is 10.1. The molecule has 0 spiro atoms. The van der Waals surface area contributed by atoms with Crippen LogP contribution in [0.3, 0.4) is 0 Å². The van der Waals surface area contributed by atoms with Gasteiger partial charge in [-0.3, -0.25) is 11.3 Å². The molecule has 1 aliphatic rings. The molecule has 0 bridgehead atoms. The number of nitrogens with zero attached hydrogens (tertiary/aromatic N) is 3. The van der Waals surface area contributed by atoms with Crippen LogP contribution < -0.4 is 11.3 Å². The summed E-state index contributed by atoms with van der Waals surface area (Å²) in [5.41, 5.74) is 3.00. The fourth-order valence-electron chi connectivity index (χ4n) is 2.61. The lowest BCUT2D eigenvalue weighted by Crippen LogP contribution is -2.55. The van der Waals surface area contributed by atoms with Crippen LogP contribution in [0, 0.1) is 0 Å². The van der Waals surface area contributed by atoms with Crippen molar-refractivity contribution >= 4 is 11.8 Å². The molecule has 5 nitrogen and oxygen atoms in total. The Balaban J connectivity index is 2.03. The van der Waals surface area contributed by atoms with Gasteiger partial charge in [0.15, 0.2) is 0 Å². The molecule has 2 heterocycles.